The van der Waals surface area contributed by atoms with E-state index in [0.29, 0.717) is 31.0 Å². The van der Waals surface area contributed by atoms with Gasteiger partial charge in [-0.15, -0.1) is 0 Å². The lowest BCUT2D eigenvalue weighted by molar-refractivity contribution is -0.140. The van der Waals surface area contributed by atoms with E-state index in [0.717, 1.165) is 0 Å². The zero-order valence-corrected chi connectivity index (χ0v) is 12.2. The second-order valence-corrected chi connectivity index (χ2v) is 4.14. The summed E-state index contributed by atoms with van der Waals surface area (Å²) in [5, 5.41) is 0. The molecule has 0 radical (unpaired) electrons. The number of carbonyl (C=O) groups is 2. The standard InChI is InChI=1S/C15H21NO4/c1-4-16(11-10-14(17)19-3)15(18)12-8-6-7-9-13(12)20-5-2/h6-9H,4-5,10-11H2,1-3H3. The molecule has 1 aromatic rings. The molecule has 0 saturated carbocycles. The number of nitrogens with zero attached hydrogens (tertiary/aromatic N) is 1. The van der Waals surface area contributed by atoms with E-state index < -0.39 is 0 Å². The molecule has 0 saturated heterocycles. The van der Waals surface area contributed by atoms with E-state index in [1.165, 1.54) is 7.11 Å². The van der Waals surface area contributed by atoms with Gasteiger partial charge in [0, 0.05) is 13.1 Å². The molecular weight excluding hydrogens is 258 g/mol. The fourth-order valence-electron chi connectivity index (χ4n) is 1.83. The number of benzene rings is 1. The lowest BCUT2D eigenvalue weighted by Gasteiger charge is -2.21. The molecule has 0 unspecified atom stereocenters. The summed E-state index contributed by atoms with van der Waals surface area (Å²) in [5.74, 6) is 0.103. The van der Waals surface area contributed by atoms with Crippen LogP contribution in [0.15, 0.2) is 24.3 Å². The number of amides is 1. The first kappa shape index (κ1) is 16.0. The largest absolute Gasteiger partial charge is 0.493 e. The zero-order chi connectivity index (χ0) is 15.0. The van der Waals surface area contributed by atoms with Gasteiger partial charge < -0.3 is 14.4 Å². The minimum absolute atomic E-state index is 0.138. The molecule has 0 N–H and O–H groups in total. The highest BCUT2D eigenvalue weighted by molar-refractivity contribution is 5.97. The molecule has 5 heteroatoms. The first-order valence-electron chi connectivity index (χ1n) is 6.71. The topological polar surface area (TPSA) is 55.8 Å². The summed E-state index contributed by atoms with van der Waals surface area (Å²) in [6, 6.07) is 7.12. The number of ether oxygens (including phenoxy) is 2. The third-order valence-electron chi connectivity index (χ3n) is 2.90. The van der Waals surface area contributed by atoms with Crippen LogP contribution in [0.25, 0.3) is 0 Å². The van der Waals surface area contributed by atoms with Gasteiger partial charge in [-0.3, -0.25) is 9.59 Å². The monoisotopic (exact) mass is 279 g/mol. The van der Waals surface area contributed by atoms with Crippen LogP contribution in [0.3, 0.4) is 0 Å². The second kappa shape index (κ2) is 8.19. The number of para-hydroxylation sites is 1. The van der Waals surface area contributed by atoms with Crippen molar-refractivity contribution in [2.75, 3.05) is 26.8 Å². The van der Waals surface area contributed by atoms with Crippen LogP contribution in [-0.4, -0.2) is 43.6 Å². The first-order valence-corrected chi connectivity index (χ1v) is 6.71. The summed E-state index contributed by atoms with van der Waals surface area (Å²) in [6.07, 6.45) is 0.187. The lowest BCUT2D eigenvalue weighted by atomic mass is 10.1. The molecule has 0 atom stereocenters. The van der Waals surface area contributed by atoms with E-state index in [-0.39, 0.29) is 18.3 Å². The average Bonchev–Trinajstić information content (AvgIpc) is 2.48. The molecule has 1 amide bonds. The van der Waals surface area contributed by atoms with Crippen LogP contribution < -0.4 is 4.74 Å². The van der Waals surface area contributed by atoms with Crippen LogP contribution in [0.1, 0.15) is 30.6 Å². The van der Waals surface area contributed by atoms with Crippen molar-refractivity contribution in [3.63, 3.8) is 0 Å². The van der Waals surface area contributed by atoms with Crippen LogP contribution in [0.2, 0.25) is 0 Å². The van der Waals surface area contributed by atoms with Crippen molar-refractivity contribution in [1.29, 1.82) is 0 Å². The van der Waals surface area contributed by atoms with Crippen molar-refractivity contribution >= 4 is 11.9 Å². The number of methoxy groups -OCH3 is 1. The Balaban J connectivity index is 2.82. The molecule has 0 aliphatic heterocycles. The smallest absolute Gasteiger partial charge is 0.307 e. The van der Waals surface area contributed by atoms with Gasteiger partial charge in [-0.2, -0.15) is 0 Å². The van der Waals surface area contributed by atoms with Gasteiger partial charge in [0.1, 0.15) is 5.75 Å². The average molecular weight is 279 g/mol. The lowest BCUT2D eigenvalue weighted by Crippen LogP contribution is -2.33. The zero-order valence-electron chi connectivity index (χ0n) is 12.2. The molecule has 1 rings (SSSR count). The fourth-order valence-corrected chi connectivity index (χ4v) is 1.83. The Morgan fingerprint density at radius 2 is 1.90 bits per heavy atom. The highest BCUT2D eigenvalue weighted by atomic mass is 16.5. The summed E-state index contributed by atoms with van der Waals surface area (Å²) in [7, 11) is 1.34. The normalized spacial score (nSPS) is 9.95. The number of hydrogen-bond donors (Lipinski definition) is 0. The summed E-state index contributed by atoms with van der Waals surface area (Å²) < 4.78 is 10.1. The molecule has 0 aliphatic rings. The SMILES string of the molecule is CCOc1ccccc1C(=O)N(CC)CCC(=O)OC. The molecule has 110 valence electrons. The Morgan fingerprint density at radius 3 is 2.50 bits per heavy atom. The third kappa shape index (κ3) is 4.26. The number of hydrogen-bond acceptors (Lipinski definition) is 4. The minimum atomic E-state index is -0.325. The van der Waals surface area contributed by atoms with Gasteiger partial charge in [-0.25, -0.2) is 0 Å². The Hall–Kier alpha value is -2.04. The molecule has 0 spiro atoms. The second-order valence-electron chi connectivity index (χ2n) is 4.14. The van der Waals surface area contributed by atoms with Gasteiger partial charge in [0.05, 0.1) is 25.7 Å². The summed E-state index contributed by atoms with van der Waals surface area (Å²) in [5.41, 5.74) is 0.515. The first-order chi connectivity index (χ1) is 9.63. The van der Waals surface area contributed by atoms with Crippen molar-refractivity contribution in [1.82, 2.24) is 4.90 Å². The van der Waals surface area contributed by atoms with E-state index in [2.05, 4.69) is 4.74 Å². The summed E-state index contributed by atoms with van der Waals surface area (Å²) >= 11 is 0. The number of esters is 1. The molecule has 0 aliphatic carbocycles. The molecular formula is C15H21NO4. The van der Waals surface area contributed by atoms with Crippen molar-refractivity contribution < 1.29 is 19.1 Å². The highest BCUT2D eigenvalue weighted by Gasteiger charge is 2.19. The van der Waals surface area contributed by atoms with Gasteiger partial charge in [0.15, 0.2) is 0 Å². The molecule has 5 nitrogen and oxygen atoms in total. The van der Waals surface area contributed by atoms with E-state index in [1.54, 1.807) is 23.1 Å². The Kier molecular flexibility index (Phi) is 6.56. The quantitative estimate of drug-likeness (QED) is 0.717. The van der Waals surface area contributed by atoms with Crippen LogP contribution >= 0.6 is 0 Å². The van der Waals surface area contributed by atoms with Gasteiger partial charge in [-0.1, -0.05) is 12.1 Å². The molecule has 1 aromatic carbocycles. The van der Waals surface area contributed by atoms with Crippen LogP contribution in [0.4, 0.5) is 0 Å². The maximum absolute atomic E-state index is 12.5. The Bertz CT molecular complexity index is 459. The van der Waals surface area contributed by atoms with Crippen molar-refractivity contribution in [3.8, 4) is 5.75 Å². The predicted octanol–water partition coefficient (Wildman–Crippen LogP) is 2.11. The summed E-state index contributed by atoms with van der Waals surface area (Å²) in [4.78, 5) is 25.2. The minimum Gasteiger partial charge on any atom is -0.493 e. The number of rotatable bonds is 7. The van der Waals surface area contributed by atoms with Crippen LogP contribution in [-0.2, 0) is 9.53 Å². The third-order valence-corrected chi connectivity index (χ3v) is 2.90. The van der Waals surface area contributed by atoms with Gasteiger partial charge >= 0.3 is 5.97 Å². The van der Waals surface area contributed by atoms with Crippen LogP contribution in [0, 0.1) is 0 Å². The van der Waals surface area contributed by atoms with Crippen molar-refractivity contribution in [3.05, 3.63) is 29.8 Å². The van der Waals surface area contributed by atoms with E-state index in [4.69, 9.17) is 4.74 Å². The predicted molar refractivity (Wildman–Crippen MR) is 75.8 cm³/mol. The van der Waals surface area contributed by atoms with Crippen molar-refractivity contribution in [2.24, 2.45) is 0 Å². The van der Waals surface area contributed by atoms with E-state index >= 15 is 0 Å². The van der Waals surface area contributed by atoms with Crippen LogP contribution in [0.5, 0.6) is 5.75 Å². The van der Waals surface area contributed by atoms with Gasteiger partial charge in [-0.05, 0) is 26.0 Å². The maximum Gasteiger partial charge on any atom is 0.307 e. The highest BCUT2D eigenvalue weighted by Crippen LogP contribution is 2.20. The van der Waals surface area contributed by atoms with E-state index in [9.17, 15) is 9.59 Å². The van der Waals surface area contributed by atoms with Gasteiger partial charge in [0.2, 0.25) is 0 Å². The molecule has 0 heterocycles. The Morgan fingerprint density at radius 1 is 1.20 bits per heavy atom. The molecule has 0 bridgehead atoms. The van der Waals surface area contributed by atoms with Gasteiger partial charge in [0.25, 0.3) is 5.91 Å². The Labute approximate surface area is 119 Å². The molecule has 0 fully saturated rings. The van der Waals surface area contributed by atoms with Crippen molar-refractivity contribution in [2.45, 2.75) is 20.3 Å². The van der Waals surface area contributed by atoms with E-state index in [1.807, 2.05) is 19.9 Å². The number of carbonyl (C=O) groups excluding carboxylic acids is 2. The summed E-state index contributed by atoms with van der Waals surface area (Å²) in [6.45, 7) is 5.10. The molecule has 0 aromatic heterocycles. The maximum atomic E-state index is 12.5. The fraction of sp³-hybridized carbons (Fsp3) is 0.467. The molecule has 20 heavy (non-hydrogen) atoms.